The van der Waals surface area contributed by atoms with E-state index in [0.29, 0.717) is 43.6 Å². The molecule has 0 aromatic carbocycles. The van der Waals surface area contributed by atoms with Gasteiger partial charge in [0.15, 0.2) is 10.9 Å². The molecule has 4 rings (SSSR count). The fourth-order valence-electron chi connectivity index (χ4n) is 8.41. The van der Waals surface area contributed by atoms with Gasteiger partial charge in [0, 0.05) is 37.9 Å². The predicted octanol–water partition coefficient (Wildman–Crippen LogP) is 5.42. The molecule has 0 N–H and O–H groups in total. The van der Waals surface area contributed by atoms with E-state index in [1.165, 1.54) is 31.2 Å². The van der Waals surface area contributed by atoms with Crippen molar-refractivity contribution in [1.29, 1.82) is 0 Å². The van der Waals surface area contributed by atoms with E-state index in [0.717, 1.165) is 38.5 Å². The van der Waals surface area contributed by atoms with Gasteiger partial charge in [-0.25, -0.2) is 0 Å². The Morgan fingerprint density at radius 3 is 2.40 bits per heavy atom. The average molecular weight is 505 g/mol. The monoisotopic (exact) mass is 504 g/mol. The Hall–Kier alpha value is -1.63. The lowest BCUT2D eigenvalue weighted by atomic mass is 9.46. The van der Waals surface area contributed by atoms with Crippen molar-refractivity contribution in [2.75, 3.05) is 6.61 Å². The van der Waals surface area contributed by atoms with Crippen molar-refractivity contribution in [2.24, 2.45) is 28.6 Å². The smallest absolute Gasteiger partial charge is 0.303 e. The highest BCUT2D eigenvalue weighted by atomic mass is 32.2. The van der Waals surface area contributed by atoms with Gasteiger partial charge in [-0.05, 0) is 80.6 Å². The second-order valence-electron chi connectivity index (χ2n) is 11.7. The summed E-state index contributed by atoms with van der Waals surface area (Å²) in [5.74, 6) is 0.746. The highest BCUT2D eigenvalue weighted by Gasteiger charge is 2.67. The molecular formula is C28H40O6S. The Labute approximate surface area is 213 Å². The number of ether oxygens (including phenoxy) is 2. The molecule has 0 amide bonds. The van der Waals surface area contributed by atoms with Crippen molar-refractivity contribution >= 4 is 34.6 Å². The molecule has 0 spiro atoms. The lowest BCUT2D eigenvalue weighted by Gasteiger charge is -2.61. The largest absolute Gasteiger partial charge is 0.466 e. The molecule has 0 aliphatic heterocycles. The molecular weight excluding hydrogens is 464 g/mol. The summed E-state index contributed by atoms with van der Waals surface area (Å²) in [6, 6.07) is 0. The molecule has 0 radical (unpaired) electrons. The third kappa shape index (κ3) is 4.62. The van der Waals surface area contributed by atoms with E-state index in [2.05, 4.69) is 13.8 Å². The van der Waals surface area contributed by atoms with E-state index in [9.17, 15) is 19.2 Å². The fourth-order valence-corrected chi connectivity index (χ4v) is 9.63. The van der Waals surface area contributed by atoms with Crippen molar-refractivity contribution in [3.05, 3.63) is 11.6 Å². The van der Waals surface area contributed by atoms with E-state index >= 15 is 0 Å². The number of fused-ring (bicyclic) bond motifs is 5. The zero-order chi connectivity index (χ0) is 25.6. The van der Waals surface area contributed by atoms with Crippen LogP contribution >= 0.6 is 11.8 Å². The minimum atomic E-state index is -0.584. The van der Waals surface area contributed by atoms with Crippen LogP contribution in [0.2, 0.25) is 0 Å². The van der Waals surface area contributed by atoms with Crippen LogP contribution in [0.15, 0.2) is 11.6 Å². The minimum Gasteiger partial charge on any atom is -0.466 e. The summed E-state index contributed by atoms with van der Waals surface area (Å²) in [6.07, 6.45) is 9.19. The third-order valence-electron chi connectivity index (χ3n) is 9.94. The van der Waals surface area contributed by atoms with Gasteiger partial charge in [-0.2, -0.15) is 0 Å². The first-order valence-electron chi connectivity index (χ1n) is 13.2. The van der Waals surface area contributed by atoms with Gasteiger partial charge in [-0.3, -0.25) is 19.2 Å². The zero-order valence-electron chi connectivity index (χ0n) is 21.8. The maximum atomic E-state index is 12.3. The topological polar surface area (TPSA) is 86.7 Å². The molecule has 0 heterocycles. The number of rotatable bonds is 6. The molecule has 35 heavy (non-hydrogen) atoms. The SMILES string of the molecule is CC(=O)OCCCC1(OC(C)=O)CC[C@H]2[C@@H]3C(SC(C)=O)CC4=CC(=O)CC[C@]4(C)[C@@H]3CC[C@@]21C. The highest BCUT2D eigenvalue weighted by molar-refractivity contribution is 8.14. The number of hydrogen-bond acceptors (Lipinski definition) is 7. The lowest BCUT2D eigenvalue weighted by molar-refractivity contribution is -0.184. The van der Waals surface area contributed by atoms with E-state index in [4.69, 9.17) is 9.47 Å². The maximum absolute atomic E-state index is 12.3. The van der Waals surface area contributed by atoms with Crippen LogP contribution in [0.5, 0.6) is 0 Å². The van der Waals surface area contributed by atoms with Gasteiger partial charge in [-0.1, -0.05) is 31.2 Å². The fraction of sp³-hybridized carbons (Fsp3) is 0.786. The molecule has 0 saturated heterocycles. The Balaban J connectivity index is 1.69. The Bertz CT molecular complexity index is 942. The second kappa shape index (κ2) is 9.68. The molecule has 3 fully saturated rings. The summed E-state index contributed by atoms with van der Waals surface area (Å²) in [7, 11) is 0. The second-order valence-corrected chi connectivity index (χ2v) is 13.1. The normalized spacial score (nSPS) is 40.1. The van der Waals surface area contributed by atoms with Crippen LogP contribution < -0.4 is 0 Å². The van der Waals surface area contributed by atoms with Crippen LogP contribution in [-0.4, -0.2) is 40.3 Å². The van der Waals surface area contributed by atoms with E-state index < -0.39 is 5.60 Å². The molecule has 194 valence electrons. The van der Waals surface area contributed by atoms with Gasteiger partial charge in [0.05, 0.1) is 6.61 Å². The van der Waals surface area contributed by atoms with Gasteiger partial charge in [0.1, 0.15) is 5.60 Å². The van der Waals surface area contributed by atoms with Gasteiger partial charge < -0.3 is 9.47 Å². The molecule has 2 unspecified atom stereocenters. The molecule has 3 saturated carbocycles. The van der Waals surface area contributed by atoms with Gasteiger partial charge in [0.2, 0.25) is 0 Å². The molecule has 0 aromatic heterocycles. The molecule has 7 atom stereocenters. The van der Waals surface area contributed by atoms with Crippen molar-refractivity contribution < 1.29 is 28.7 Å². The molecule has 0 bridgehead atoms. The maximum Gasteiger partial charge on any atom is 0.303 e. The van der Waals surface area contributed by atoms with E-state index in [1.54, 1.807) is 6.92 Å². The van der Waals surface area contributed by atoms with Crippen LogP contribution in [-0.2, 0) is 28.7 Å². The van der Waals surface area contributed by atoms with Crippen LogP contribution in [0.25, 0.3) is 0 Å². The number of esters is 2. The van der Waals surface area contributed by atoms with Crippen LogP contribution in [0.3, 0.4) is 0 Å². The van der Waals surface area contributed by atoms with Crippen molar-refractivity contribution in [1.82, 2.24) is 0 Å². The summed E-state index contributed by atoms with van der Waals surface area (Å²) in [6.45, 7) is 9.50. The lowest BCUT2D eigenvalue weighted by Crippen LogP contribution is -2.58. The minimum absolute atomic E-state index is 0.00420. The van der Waals surface area contributed by atoms with Crippen LogP contribution in [0, 0.1) is 28.6 Å². The first kappa shape index (κ1) is 26.4. The summed E-state index contributed by atoms with van der Waals surface area (Å²) in [5, 5.41) is 0.263. The van der Waals surface area contributed by atoms with Crippen molar-refractivity contribution in [3.8, 4) is 0 Å². The number of carbonyl (C=O) groups is 4. The van der Waals surface area contributed by atoms with E-state index in [1.807, 2.05) is 6.08 Å². The summed E-state index contributed by atoms with van der Waals surface area (Å²) >= 11 is 1.45. The Morgan fingerprint density at radius 2 is 1.74 bits per heavy atom. The molecule has 6 nitrogen and oxygen atoms in total. The number of hydrogen-bond donors (Lipinski definition) is 0. The first-order valence-corrected chi connectivity index (χ1v) is 14.0. The Morgan fingerprint density at radius 1 is 1.03 bits per heavy atom. The predicted molar refractivity (Wildman–Crippen MR) is 135 cm³/mol. The zero-order valence-corrected chi connectivity index (χ0v) is 22.6. The molecule has 4 aliphatic carbocycles. The standard InChI is InChI=1S/C28H40O6S/c1-17(29)33-14-6-10-28(34-18(2)30)13-9-23-25-22(8-12-27(23,28)5)26(4)11-7-21(32)15-20(26)16-24(25)35-19(3)31/h15,22-25H,6-14,16H2,1-5H3/t22-,23+,24?,25-,26+,27+,28?/m1/s1. The first-order chi connectivity index (χ1) is 16.4. The van der Waals surface area contributed by atoms with Crippen molar-refractivity contribution in [3.63, 3.8) is 0 Å². The molecule has 0 aromatic rings. The Kier molecular flexibility index (Phi) is 7.31. The van der Waals surface area contributed by atoms with Gasteiger partial charge in [-0.15, -0.1) is 0 Å². The van der Waals surface area contributed by atoms with Gasteiger partial charge in [0.25, 0.3) is 0 Å². The van der Waals surface area contributed by atoms with Crippen molar-refractivity contribution in [2.45, 2.75) is 103 Å². The molecule has 4 aliphatic rings. The quantitative estimate of drug-likeness (QED) is 0.352. The highest BCUT2D eigenvalue weighted by Crippen LogP contribution is 2.70. The number of allylic oxidation sites excluding steroid dienone is 1. The van der Waals surface area contributed by atoms with Gasteiger partial charge >= 0.3 is 11.9 Å². The number of thioether (sulfide) groups is 1. The average Bonchev–Trinajstić information content (AvgIpc) is 3.03. The third-order valence-corrected chi connectivity index (χ3v) is 11.1. The summed E-state index contributed by atoms with van der Waals surface area (Å²) in [5.41, 5.74) is 0.450. The summed E-state index contributed by atoms with van der Waals surface area (Å²) < 4.78 is 11.4. The summed E-state index contributed by atoms with van der Waals surface area (Å²) in [4.78, 5) is 48.2. The van der Waals surface area contributed by atoms with Crippen LogP contribution in [0.1, 0.15) is 92.4 Å². The van der Waals surface area contributed by atoms with E-state index in [-0.39, 0.29) is 38.9 Å². The molecule has 7 heteroatoms. The number of ketones is 1. The van der Waals surface area contributed by atoms with Crippen LogP contribution in [0.4, 0.5) is 0 Å². The number of carbonyl (C=O) groups excluding carboxylic acids is 4.